The van der Waals surface area contributed by atoms with Gasteiger partial charge in [0.25, 0.3) is 0 Å². The predicted molar refractivity (Wildman–Crippen MR) is 78.6 cm³/mol. The summed E-state index contributed by atoms with van der Waals surface area (Å²) < 4.78 is 5.36. The lowest BCUT2D eigenvalue weighted by Crippen LogP contribution is -2.15. The molecule has 0 aliphatic heterocycles. The second kappa shape index (κ2) is 6.56. The minimum atomic E-state index is -0.122. The second-order valence-corrected chi connectivity index (χ2v) is 4.26. The number of hydrogen-bond acceptors (Lipinski definition) is 4. The molecule has 2 rings (SSSR count). The van der Waals surface area contributed by atoms with E-state index in [0.717, 1.165) is 5.56 Å². The number of hydrogen-bond donors (Lipinski definition) is 2. The molecule has 0 bridgehead atoms. The molecule has 5 heteroatoms. The lowest BCUT2D eigenvalue weighted by atomic mass is 10.1. The molecule has 0 aliphatic carbocycles. The van der Waals surface area contributed by atoms with Crippen LogP contribution in [0.3, 0.4) is 0 Å². The van der Waals surface area contributed by atoms with Crippen molar-refractivity contribution >= 4 is 17.3 Å². The fraction of sp³-hybridized carbons (Fsp3) is 0.200. The molecule has 0 unspecified atom stereocenters. The Morgan fingerprint density at radius 2 is 2.05 bits per heavy atom. The molecule has 0 saturated carbocycles. The van der Waals surface area contributed by atoms with E-state index in [9.17, 15) is 4.79 Å². The van der Waals surface area contributed by atoms with Gasteiger partial charge in [0, 0.05) is 11.9 Å². The smallest absolute Gasteiger partial charge is 0.237 e. The molecule has 0 aliphatic rings. The summed E-state index contributed by atoms with van der Waals surface area (Å²) in [7, 11) is 0. The van der Waals surface area contributed by atoms with E-state index in [1.54, 1.807) is 30.5 Å². The maximum Gasteiger partial charge on any atom is 0.237 e. The van der Waals surface area contributed by atoms with Crippen LogP contribution >= 0.6 is 0 Å². The molecule has 5 nitrogen and oxygen atoms in total. The minimum Gasteiger partial charge on any atom is -0.476 e. The van der Waals surface area contributed by atoms with Gasteiger partial charge in [-0.05, 0) is 36.8 Å². The summed E-state index contributed by atoms with van der Waals surface area (Å²) >= 11 is 0. The first kappa shape index (κ1) is 13.9. The Morgan fingerprint density at radius 1 is 1.30 bits per heavy atom. The number of carbonyl (C=O) groups excluding carboxylic acids is 1. The predicted octanol–water partition coefficient (Wildman–Crippen LogP) is 2.24. The standard InChI is InChI=1S/C15H17N3O2/c1-2-20-15-13(4-3-9-17-15)18-14(19)10-11-5-7-12(16)8-6-11/h3-9H,2,10,16H2,1H3,(H,18,19). The topological polar surface area (TPSA) is 77.2 Å². The number of anilines is 2. The molecule has 2 aromatic rings. The number of amides is 1. The molecule has 0 spiro atoms. The van der Waals surface area contributed by atoms with E-state index in [2.05, 4.69) is 10.3 Å². The molecule has 3 N–H and O–H groups in total. The number of nitrogens with two attached hydrogens (primary N) is 1. The van der Waals surface area contributed by atoms with E-state index >= 15 is 0 Å². The number of rotatable bonds is 5. The number of nitrogens with zero attached hydrogens (tertiary/aromatic N) is 1. The first-order chi connectivity index (χ1) is 9.69. The molecule has 0 saturated heterocycles. The number of aromatic nitrogens is 1. The third kappa shape index (κ3) is 3.71. The lowest BCUT2D eigenvalue weighted by Gasteiger charge is -2.10. The molecule has 1 aromatic carbocycles. The van der Waals surface area contributed by atoms with Crippen LogP contribution in [0.25, 0.3) is 0 Å². The van der Waals surface area contributed by atoms with Gasteiger partial charge in [-0.3, -0.25) is 4.79 Å². The first-order valence-electron chi connectivity index (χ1n) is 6.41. The van der Waals surface area contributed by atoms with Gasteiger partial charge in [-0.2, -0.15) is 0 Å². The molecule has 104 valence electrons. The van der Waals surface area contributed by atoms with E-state index in [0.29, 0.717) is 23.9 Å². The van der Waals surface area contributed by atoms with Crippen molar-refractivity contribution in [3.8, 4) is 5.88 Å². The van der Waals surface area contributed by atoms with Gasteiger partial charge in [0.15, 0.2) is 0 Å². The Morgan fingerprint density at radius 3 is 2.75 bits per heavy atom. The molecular weight excluding hydrogens is 254 g/mol. The van der Waals surface area contributed by atoms with Crippen LogP contribution in [0.4, 0.5) is 11.4 Å². The molecule has 0 radical (unpaired) electrons. The van der Waals surface area contributed by atoms with Crippen LogP contribution < -0.4 is 15.8 Å². The van der Waals surface area contributed by atoms with Gasteiger partial charge in [0.2, 0.25) is 11.8 Å². The Hall–Kier alpha value is -2.56. The summed E-state index contributed by atoms with van der Waals surface area (Å²) in [6, 6.07) is 10.7. The zero-order valence-electron chi connectivity index (χ0n) is 11.3. The van der Waals surface area contributed by atoms with Gasteiger partial charge in [0.1, 0.15) is 5.69 Å². The van der Waals surface area contributed by atoms with E-state index in [1.807, 2.05) is 19.1 Å². The molecule has 1 heterocycles. The molecule has 20 heavy (non-hydrogen) atoms. The Kier molecular flexibility index (Phi) is 4.55. The quantitative estimate of drug-likeness (QED) is 0.818. The largest absolute Gasteiger partial charge is 0.476 e. The fourth-order valence-electron chi connectivity index (χ4n) is 1.75. The molecule has 0 atom stereocenters. The zero-order chi connectivity index (χ0) is 14.4. The summed E-state index contributed by atoms with van der Waals surface area (Å²) in [6.45, 7) is 2.37. The minimum absolute atomic E-state index is 0.122. The van der Waals surface area contributed by atoms with Gasteiger partial charge in [0.05, 0.1) is 13.0 Å². The van der Waals surface area contributed by atoms with Gasteiger partial charge >= 0.3 is 0 Å². The Balaban J connectivity index is 2.02. The Bertz CT molecular complexity index is 582. The highest BCUT2D eigenvalue weighted by Gasteiger charge is 2.09. The highest BCUT2D eigenvalue weighted by Crippen LogP contribution is 2.20. The van der Waals surface area contributed by atoms with Gasteiger partial charge in [-0.1, -0.05) is 12.1 Å². The third-order valence-corrected chi connectivity index (χ3v) is 2.67. The number of benzene rings is 1. The molecule has 0 fully saturated rings. The summed E-state index contributed by atoms with van der Waals surface area (Å²) in [6.07, 6.45) is 1.90. The molecular formula is C15H17N3O2. The second-order valence-electron chi connectivity index (χ2n) is 4.26. The number of pyridine rings is 1. The highest BCUT2D eigenvalue weighted by atomic mass is 16.5. The fourth-order valence-corrected chi connectivity index (χ4v) is 1.75. The number of ether oxygens (including phenoxy) is 1. The van der Waals surface area contributed by atoms with E-state index in [4.69, 9.17) is 10.5 Å². The summed E-state index contributed by atoms with van der Waals surface area (Å²) in [5.74, 6) is 0.310. The van der Waals surface area contributed by atoms with Gasteiger partial charge in [-0.25, -0.2) is 4.98 Å². The van der Waals surface area contributed by atoms with E-state index in [-0.39, 0.29) is 12.3 Å². The number of nitrogens with one attached hydrogen (secondary N) is 1. The van der Waals surface area contributed by atoms with E-state index in [1.165, 1.54) is 0 Å². The van der Waals surface area contributed by atoms with Crippen LogP contribution in [0.2, 0.25) is 0 Å². The average molecular weight is 271 g/mol. The monoisotopic (exact) mass is 271 g/mol. The Labute approximate surface area is 117 Å². The van der Waals surface area contributed by atoms with Crippen molar-refractivity contribution in [3.05, 3.63) is 48.2 Å². The third-order valence-electron chi connectivity index (χ3n) is 2.67. The van der Waals surface area contributed by atoms with Crippen LogP contribution in [-0.2, 0) is 11.2 Å². The van der Waals surface area contributed by atoms with Crippen LogP contribution in [0, 0.1) is 0 Å². The van der Waals surface area contributed by atoms with Crippen LogP contribution in [0.1, 0.15) is 12.5 Å². The van der Waals surface area contributed by atoms with Crippen molar-refractivity contribution in [2.24, 2.45) is 0 Å². The maximum absolute atomic E-state index is 12.0. The van der Waals surface area contributed by atoms with Crippen LogP contribution in [0.15, 0.2) is 42.6 Å². The number of carbonyl (C=O) groups is 1. The molecule has 1 amide bonds. The van der Waals surface area contributed by atoms with Crippen molar-refractivity contribution in [3.63, 3.8) is 0 Å². The van der Waals surface area contributed by atoms with Crippen molar-refractivity contribution in [1.82, 2.24) is 4.98 Å². The highest BCUT2D eigenvalue weighted by molar-refractivity contribution is 5.93. The first-order valence-corrected chi connectivity index (χ1v) is 6.41. The maximum atomic E-state index is 12.0. The summed E-state index contributed by atoms with van der Waals surface area (Å²) in [4.78, 5) is 16.1. The lowest BCUT2D eigenvalue weighted by molar-refractivity contribution is -0.115. The normalized spacial score (nSPS) is 10.1. The summed E-state index contributed by atoms with van der Waals surface area (Å²) in [5, 5.41) is 2.80. The van der Waals surface area contributed by atoms with E-state index < -0.39 is 0 Å². The summed E-state index contributed by atoms with van der Waals surface area (Å²) in [5.41, 5.74) is 7.77. The van der Waals surface area contributed by atoms with Crippen LogP contribution in [-0.4, -0.2) is 17.5 Å². The number of nitrogen functional groups attached to an aromatic ring is 1. The van der Waals surface area contributed by atoms with Crippen molar-refractivity contribution < 1.29 is 9.53 Å². The van der Waals surface area contributed by atoms with Crippen LogP contribution in [0.5, 0.6) is 5.88 Å². The van der Waals surface area contributed by atoms with Gasteiger partial charge in [-0.15, -0.1) is 0 Å². The SMILES string of the molecule is CCOc1ncccc1NC(=O)Cc1ccc(N)cc1. The average Bonchev–Trinajstić information content (AvgIpc) is 2.44. The van der Waals surface area contributed by atoms with Crippen molar-refractivity contribution in [2.75, 3.05) is 17.7 Å². The molecule has 1 aromatic heterocycles. The van der Waals surface area contributed by atoms with Crippen molar-refractivity contribution in [2.45, 2.75) is 13.3 Å². The van der Waals surface area contributed by atoms with Crippen molar-refractivity contribution in [1.29, 1.82) is 0 Å². The van der Waals surface area contributed by atoms with Gasteiger partial charge < -0.3 is 15.8 Å². The zero-order valence-corrected chi connectivity index (χ0v) is 11.3.